The molecule has 0 aliphatic heterocycles. The van der Waals surface area contributed by atoms with Crippen LogP contribution in [-0.4, -0.2) is 55.4 Å². The first-order valence-electron chi connectivity index (χ1n) is 8.54. The molecular weight excluding hydrogens is 364 g/mol. The topological polar surface area (TPSA) is 186 Å². The van der Waals surface area contributed by atoms with Crippen LogP contribution in [0, 0.1) is 29.6 Å². The monoisotopic (exact) mass is 390 g/mol. The van der Waals surface area contributed by atoms with Gasteiger partial charge >= 0.3 is 29.8 Å². The zero-order valence-electron chi connectivity index (χ0n) is 15.2. The van der Waals surface area contributed by atoms with E-state index < -0.39 is 72.3 Å². The lowest BCUT2D eigenvalue weighted by Crippen LogP contribution is -2.30. The Kier molecular flexibility index (Phi) is 10.1. The number of hydrogen-bond donors (Lipinski definition) is 5. The third-order valence-electron chi connectivity index (χ3n) is 4.66. The van der Waals surface area contributed by atoms with Gasteiger partial charge in [-0.1, -0.05) is 13.8 Å². The molecule has 5 N–H and O–H groups in total. The van der Waals surface area contributed by atoms with E-state index in [0.29, 0.717) is 0 Å². The van der Waals surface area contributed by atoms with Gasteiger partial charge in [0.25, 0.3) is 0 Å². The van der Waals surface area contributed by atoms with Crippen LogP contribution in [0.5, 0.6) is 0 Å². The van der Waals surface area contributed by atoms with E-state index >= 15 is 0 Å². The van der Waals surface area contributed by atoms with E-state index in [1.54, 1.807) is 6.92 Å². The fraction of sp³-hybridized carbons (Fsp3) is 0.706. The van der Waals surface area contributed by atoms with E-state index in [9.17, 15) is 39.3 Å². The Labute approximate surface area is 155 Å². The van der Waals surface area contributed by atoms with Crippen LogP contribution in [0.25, 0.3) is 0 Å². The molecule has 0 rings (SSSR count). The van der Waals surface area contributed by atoms with Crippen molar-refractivity contribution in [3.05, 3.63) is 0 Å². The highest BCUT2D eigenvalue weighted by molar-refractivity contribution is 5.77. The van der Waals surface area contributed by atoms with Gasteiger partial charge in [-0.05, 0) is 32.1 Å². The summed E-state index contributed by atoms with van der Waals surface area (Å²) in [6.07, 6.45) is -1.26. The second-order valence-electron chi connectivity index (χ2n) is 6.73. The number of carboxylic acids is 5. The van der Waals surface area contributed by atoms with Crippen LogP contribution in [0.2, 0.25) is 0 Å². The van der Waals surface area contributed by atoms with Gasteiger partial charge in [0.05, 0.1) is 29.6 Å². The Bertz CT molecular complexity index is 570. The Morgan fingerprint density at radius 1 is 0.556 bits per heavy atom. The predicted octanol–water partition coefficient (Wildman–Crippen LogP) is 1.48. The number of hydrogen-bond acceptors (Lipinski definition) is 5. The van der Waals surface area contributed by atoms with Crippen molar-refractivity contribution in [1.82, 2.24) is 0 Å². The molecule has 0 fully saturated rings. The molecule has 154 valence electrons. The van der Waals surface area contributed by atoms with E-state index in [0.717, 1.165) is 0 Å². The molecule has 10 heteroatoms. The number of carboxylic acid groups (broad SMARTS) is 5. The maximum absolute atomic E-state index is 11.5. The van der Waals surface area contributed by atoms with Crippen molar-refractivity contribution in [3.8, 4) is 0 Å². The van der Waals surface area contributed by atoms with Crippen molar-refractivity contribution in [2.45, 2.75) is 46.0 Å². The van der Waals surface area contributed by atoms with E-state index in [1.165, 1.54) is 6.92 Å². The fourth-order valence-corrected chi connectivity index (χ4v) is 2.89. The SMILES string of the molecule is CCC(CC(CC(CC(CC(C)C(=O)O)C(=O)O)C(=O)O)C(=O)O)C(=O)O. The lowest BCUT2D eigenvalue weighted by molar-refractivity contribution is -0.148. The highest BCUT2D eigenvalue weighted by atomic mass is 16.4. The molecule has 0 amide bonds. The molecule has 5 unspecified atom stereocenters. The summed E-state index contributed by atoms with van der Waals surface area (Å²) in [5.41, 5.74) is 0. The van der Waals surface area contributed by atoms with Crippen molar-refractivity contribution in [2.75, 3.05) is 0 Å². The molecule has 5 atom stereocenters. The van der Waals surface area contributed by atoms with Gasteiger partial charge in [0, 0.05) is 0 Å². The Morgan fingerprint density at radius 3 is 1.11 bits per heavy atom. The van der Waals surface area contributed by atoms with Gasteiger partial charge < -0.3 is 25.5 Å². The second kappa shape index (κ2) is 11.1. The summed E-state index contributed by atoms with van der Waals surface area (Å²) in [6, 6.07) is 0. The minimum Gasteiger partial charge on any atom is -0.481 e. The number of aliphatic carboxylic acids is 5. The Morgan fingerprint density at radius 2 is 0.852 bits per heavy atom. The van der Waals surface area contributed by atoms with E-state index in [1.807, 2.05) is 0 Å². The molecule has 0 aliphatic carbocycles. The van der Waals surface area contributed by atoms with Crippen molar-refractivity contribution >= 4 is 29.8 Å². The maximum atomic E-state index is 11.5. The summed E-state index contributed by atoms with van der Waals surface area (Å²) < 4.78 is 0. The summed E-state index contributed by atoms with van der Waals surface area (Å²) in [6.45, 7) is 2.87. The number of carbonyl (C=O) groups is 5. The molecule has 0 saturated heterocycles. The zero-order valence-corrected chi connectivity index (χ0v) is 15.2. The molecule has 0 heterocycles. The predicted molar refractivity (Wildman–Crippen MR) is 90.1 cm³/mol. The van der Waals surface area contributed by atoms with Crippen LogP contribution in [0.15, 0.2) is 0 Å². The molecule has 0 aromatic carbocycles. The zero-order chi connectivity index (χ0) is 21.3. The molecule has 0 radical (unpaired) electrons. The first-order chi connectivity index (χ1) is 12.4. The van der Waals surface area contributed by atoms with E-state index in [4.69, 9.17) is 10.2 Å². The first-order valence-corrected chi connectivity index (χ1v) is 8.54. The summed E-state index contributed by atoms with van der Waals surface area (Å²) in [5.74, 6) is -12.4. The first kappa shape index (κ1) is 24.4. The van der Waals surface area contributed by atoms with Crippen LogP contribution in [0.3, 0.4) is 0 Å². The van der Waals surface area contributed by atoms with Crippen molar-refractivity contribution < 1.29 is 49.5 Å². The van der Waals surface area contributed by atoms with Gasteiger partial charge in [0.2, 0.25) is 0 Å². The molecule has 0 spiro atoms. The third-order valence-corrected chi connectivity index (χ3v) is 4.66. The summed E-state index contributed by atoms with van der Waals surface area (Å²) in [4.78, 5) is 56.4. The largest absolute Gasteiger partial charge is 0.481 e. The van der Waals surface area contributed by atoms with Gasteiger partial charge in [0.15, 0.2) is 0 Å². The fourth-order valence-electron chi connectivity index (χ4n) is 2.89. The van der Waals surface area contributed by atoms with Crippen LogP contribution in [0.4, 0.5) is 0 Å². The minimum atomic E-state index is -1.40. The highest BCUT2D eigenvalue weighted by Gasteiger charge is 2.34. The molecular formula is C17H26O10. The molecule has 27 heavy (non-hydrogen) atoms. The summed E-state index contributed by atoms with van der Waals surface area (Å²) in [5, 5.41) is 45.9. The average molecular weight is 390 g/mol. The van der Waals surface area contributed by atoms with Gasteiger partial charge in [0.1, 0.15) is 0 Å². The molecule has 10 nitrogen and oxygen atoms in total. The normalized spacial score (nSPS) is 16.5. The van der Waals surface area contributed by atoms with E-state index in [-0.39, 0.29) is 19.3 Å². The van der Waals surface area contributed by atoms with Crippen LogP contribution in [-0.2, 0) is 24.0 Å². The molecule has 0 bridgehead atoms. The number of rotatable bonds is 14. The standard InChI is InChI=1S/C17H26O10/c1-3-9(14(20)21)5-11(16(24)25)7-12(17(26)27)6-10(15(22)23)4-8(2)13(18)19/h8-12H,3-7H2,1-2H3,(H,18,19)(H,20,21)(H,22,23)(H,24,25)(H,26,27). The van der Waals surface area contributed by atoms with Crippen LogP contribution >= 0.6 is 0 Å². The summed E-state index contributed by atoms with van der Waals surface area (Å²) in [7, 11) is 0. The lowest BCUT2D eigenvalue weighted by atomic mass is 9.80. The van der Waals surface area contributed by atoms with Gasteiger partial charge in [-0.25, -0.2) is 0 Å². The van der Waals surface area contributed by atoms with Gasteiger partial charge in [-0.2, -0.15) is 0 Å². The highest BCUT2D eigenvalue weighted by Crippen LogP contribution is 2.29. The van der Waals surface area contributed by atoms with Crippen LogP contribution < -0.4 is 0 Å². The van der Waals surface area contributed by atoms with Gasteiger partial charge in [-0.3, -0.25) is 24.0 Å². The Balaban J connectivity index is 5.33. The van der Waals surface area contributed by atoms with Crippen molar-refractivity contribution in [3.63, 3.8) is 0 Å². The average Bonchev–Trinajstić information content (AvgIpc) is 2.54. The minimum absolute atomic E-state index is 0.171. The van der Waals surface area contributed by atoms with Gasteiger partial charge in [-0.15, -0.1) is 0 Å². The second-order valence-corrected chi connectivity index (χ2v) is 6.73. The van der Waals surface area contributed by atoms with E-state index in [2.05, 4.69) is 0 Å². The molecule has 0 aliphatic rings. The van der Waals surface area contributed by atoms with Crippen molar-refractivity contribution in [2.24, 2.45) is 29.6 Å². The maximum Gasteiger partial charge on any atom is 0.306 e. The molecule has 0 aromatic heterocycles. The molecule has 0 saturated carbocycles. The smallest absolute Gasteiger partial charge is 0.306 e. The molecule has 0 aromatic rings. The lowest BCUT2D eigenvalue weighted by Gasteiger charge is -2.23. The Hall–Kier alpha value is -2.65. The van der Waals surface area contributed by atoms with Crippen LogP contribution in [0.1, 0.15) is 46.0 Å². The summed E-state index contributed by atoms with van der Waals surface area (Å²) >= 11 is 0. The quantitative estimate of drug-likeness (QED) is 0.291. The third kappa shape index (κ3) is 8.52. The van der Waals surface area contributed by atoms with Crippen molar-refractivity contribution in [1.29, 1.82) is 0 Å².